The van der Waals surface area contributed by atoms with Crippen molar-refractivity contribution in [1.82, 2.24) is 0 Å². The minimum atomic E-state index is -0.550. The Hall–Kier alpha value is -2.82. The van der Waals surface area contributed by atoms with E-state index in [4.69, 9.17) is 9.47 Å². The molecule has 0 unspecified atom stereocenters. The molecule has 0 bridgehead atoms. The van der Waals surface area contributed by atoms with Crippen molar-refractivity contribution in [3.05, 3.63) is 64.3 Å². The molecule has 0 aromatic heterocycles. The zero-order chi connectivity index (χ0) is 33.6. The normalized spacial score (nSPS) is 11.0. The van der Waals surface area contributed by atoms with Gasteiger partial charge in [-0.2, -0.15) is 0 Å². The first kappa shape index (κ1) is 40.4. The highest BCUT2D eigenvalue weighted by Gasteiger charge is 2.11. The summed E-state index contributed by atoms with van der Waals surface area (Å²) in [6.45, 7) is 6.07. The van der Waals surface area contributed by atoms with Crippen molar-refractivity contribution in [2.45, 2.75) is 168 Å². The molecule has 264 valence electrons. The largest absolute Gasteiger partial charge is 0.494 e. The maximum absolute atomic E-state index is 12.7. The summed E-state index contributed by atoms with van der Waals surface area (Å²) < 4.78 is 11.3. The van der Waals surface area contributed by atoms with E-state index in [9.17, 15) is 9.59 Å². The number of ether oxygens (including phenoxy) is 2. The van der Waals surface area contributed by atoms with Crippen LogP contribution in [0.15, 0.2) is 53.3 Å². The summed E-state index contributed by atoms with van der Waals surface area (Å²) in [6, 6.07) is 13.5. The summed E-state index contributed by atoms with van der Waals surface area (Å²) in [6.07, 6.45) is 31.7. The number of hydrogen-bond donors (Lipinski definition) is 1. The van der Waals surface area contributed by atoms with Crippen molar-refractivity contribution in [1.29, 1.82) is 0 Å². The molecule has 2 rings (SSSR count). The molecule has 0 aliphatic heterocycles. The molecule has 2 aromatic rings. The highest BCUT2D eigenvalue weighted by Crippen LogP contribution is 2.17. The van der Waals surface area contributed by atoms with Gasteiger partial charge in [-0.25, -0.2) is 4.79 Å². The average molecular weight is 650 g/mol. The summed E-state index contributed by atoms with van der Waals surface area (Å²) in [4.78, 5) is 25.3. The number of esters is 1. The molecule has 0 radical (unpaired) electrons. The van der Waals surface area contributed by atoms with Gasteiger partial charge in [0.1, 0.15) is 5.75 Å². The third-order valence-corrected chi connectivity index (χ3v) is 8.99. The third-order valence-electron chi connectivity index (χ3n) is 8.99. The van der Waals surface area contributed by atoms with E-state index < -0.39 is 5.97 Å². The standard InChI is InChI=1S/C42H67NO4/c1-3-5-7-9-11-13-15-16-17-18-19-21-23-25-35-43-38-29-33-40(44)41(34-30-38)47-42(45)37-27-31-39(32-28-37)46-36-26-24-22-20-14-12-10-8-6-4-2/h27-34,43H,3-26,35-36H2,1-2H3. The van der Waals surface area contributed by atoms with Gasteiger partial charge in [0.15, 0.2) is 5.75 Å². The van der Waals surface area contributed by atoms with Crippen molar-refractivity contribution >= 4 is 11.7 Å². The van der Waals surface area contributed by atoms with Crippen LogP contribution in [0.4, 0.5) is 5.69 Å². The van der Waals surface area contributed by atoms with Crippen molar-refractivity contribution < 1.29 is 14.3 Å². The first-order valence-corrected chi connectivity index (χ1v) is 19.5. The van der Waals surface area contributed by atoms with Gasteiger partial charge in [0.2, 0.25) is 5.43 Å². The van der Waals surface area contributed by atoms with Gasteiger partial charge in [-0.3, -0.25) is 4.79 Å². The highest BCUT2D eigenvalue weighted by molar-refractivity contribution is 5.91. The second-order valence-electron chi connectivity index (χ2n) is 13.3. The predicted molar refractivity (Wildman–Crippen MR) is 200 cm³/mol. The fourth-order valence-corrected chi connectivity index (χ4v) is 5.93. The zero-order valence-corrected chi connectivity index (χ0v) is 30.1. The predicted octanol–water partition coefficient (Wildman–Crippen LogP) is 12.5. The lowest BCUT2D eigenvalue weighted by molar-refractivity contribution is 0.0733. The van der Waals surface area contributed by atoms with E-state index >= 15 is 0 Å². The van der Waals surface area contributed by atoms with Crippen LogP contribution in [0.3, 0.4) is 0 Å². The Morgan fingerprint density at radius 1 is 0.532 bits per heavy atom. The monoisotopic (exact) mass is 650 g/mol. The minimum absolute atomic E-state index is 0.0285. The summed E-state index contributed by atoms with van der Waals surface area (Å²) in [5.74, 6) is 0.218. The molecular weight excluding hydrogens is 582 g/mol. The topological polar surface area (TPSA) is 64.6 Å². The quantitative estimate of drug-likeness (QED) is 0.0674. The lowest BCUT2D eigenvalue weighted by Crippen LogP contribution is -2.13. The van der Waals surface area contributed by atoms with E-state index in [2.05, 4.69) is 19.2 Å². The molecule has 0 saturated carbocycles. The maximum Gasteiger partial charge on any atom is 0.343 e. The SMILES string of the molecule is CCCCCCCCCCCCCCCCNc1ccc(OC(=O)c2ccc(OCCCCCCCCCCCC)cc2)c(=O)cc1. The van der Waals surface area contributed by atoms with Gasteiger partial charge in [0.25, 0.3) is 0 Å². The van der Waals surface area contributed by atoms with Crippen molar-refractivity contribution in [2.75, 3.05) is 18.5 Å². The number of nitrogens with one attached hydrogen (secondary N) is 1. The lowest BCUT2D eigenvalue weighted by Gasteiger charge is -2.07. The number of rotatable bonds is 30. The Bertz CT molecular complexity index is 1100. The molecule has 1 N–H and O–H groups in total. The Morgan fingerprint density at radius 3 is 1.49 bits per heavy atom. The summed E-state index contributed by atoms with van der Waals surface area (Å²) >= 11 is 0. The van der Waals surface area contributed by atoms with Crippen LogP contribution in [0, 0.1) is 0 Å². The smallest absolute Gasteiger partial charge is 0.343 e. The number of anilines is 1. The van der Waals surface area contributed by atoms with Crippen LogP contribution in [0.5, 0.6) is 11.5 Å². The molecule has 0 aliphatic rings. The van der Waals surface area contributed by atoms with E-state index in [0.717, 1.165) is 30.8 Å². The highest BCUT2D eigenvalue weighted by atomic mass is 16.5. The van der Waals surface area contributed by atoms with E-state index in [1.807, 2.05) is 0 Å². The van der Waals surface area contributed by atoms with Crippen LogP contribution in [-0.2, 0) is 0 Å². The molecule has 5 nitrogen and oxygen atoms in total. The maximum atomic E-state index is 12.7. The molecule has 0 heterocycles. The van der Waals surface area contributed by atoms with Crippen molar-refractivity contribution in [3.63, 3.8) is 0 Å². The van der Waals surface area contributed by atoms with Crippen molar-refractivity contribution in [2.24, 2.45) is 0 Å². The van der Waals surface area contributed by atoms with Gasteiger partial charge >= 0.3 is 5.97 Å². The molecule has 0 atom stereocenters. The second-order valence-corrected chi connectivity index (χ2v) is 13.3. The molecule has 0 fully saturated rings. The number of unbranched alkanes of at least 4 members (excludes halogenated alkanes) is 22. The molecule has 2 aromatic carbocycles. The Morgan fingerprint density at radius 2 is 0.979 bits per heavy atom. The Kier molecular flexibility index (Phi) is 24.2. The molecule has 0 amide bonds. The molecule has 0 aliphatic carbocycles. The number of benzene rings is 1. The second kappa shape index (κ2) is 28.2. The lowest BCUT2D eigenvalue weighted by atomic mass is 10.0. The van der Waals surface area contributed by atoms with E-state index in [0.29, 0.717) is 12.2 Å². The molecular formula is C42H67NO4. The van der Waals surface area contributed by atoms with Crippen LogP contribution in [0.1, 0.15) is 178 Å². The minimum Gasteiger partial charge on any atom is -0.494 e. The number of carbonyl (C=O) groups is 1. The van der Waals surface area contributed by atoms with Gasteiger partial charge in [0, 0.05) is 12.2 Å². The van der Waals surface area contributed by atoms with Gasteiger partial charge in [-0.1, -0.05) is 155 Å². The first-order chi connectivity index (χ1) is 23.1. The van der Waals surface area contributed by atoms with Gasteiger partial charge in [-0.05, 0) is 61.4 Å². The average Bonchev–Trinajstić information content (AvgIpc) is 3.26. The molecule has 5 heteroatoms. The summed E-state index contributed by atoms with van der Waals surface area (Å²) in [7, 11) is 0. The fraction of sp³-hybridized carbons (Fsp3) is 0.667. The van der Waals surface area contributed by atoms with E-state index in [-0.39, 0.29) is 11.2 Å². The zero-order valence-electron chi connectivity index (χ0n) is 30.1. The number of carbonyl (C=O) groups excluding carboxylic acids is 1. The molecule has 0 spiro atoms. The molecule has 47 heavy (non-hydrogen) atoms. The summed E-state index contributed by atoms with van der Waals surface area (Å²) in [5.41, 5.74) is 0.917. The first-order valence-electron chi connectivity index (χ1n) is 19.5. The van der Waals surface area contributed by atoms with E-state index in [1.165, 1.54) is 147 Å². The van der Waals surface area contributed by atoms with Crippen LogP contribution >= 0.6 is 0 Å². The summed E-state index contributed by atoms with van der Waals surface area (Å²) in [5, 5.41) is 3.40. The third kappa shape index (κ3) is 20.9. The molecule has 0 saturated heterocycles. The van der Waals surface area contributed by atoms with Crippen molar-refractivity contribution in [3.8, 4) is 11.5 Å². The van der Waals surface area contributed by atoms with Gasteiger partial charge in [-0.15, -0.1) is 0 Å². The van der Waals surface area contributed by atoms with Gasteiger partial charge < -0.3 is 14.8 Å². The van der Waals surface area contributed by atoms with Gasteiger partial charge in [0.05, 0.1) is 12.2 Å². The van der Waals surface area contributed by atoms with Crippen LogP contribution in [0.25, 0.3) is 0 Å². The Balaban J connectivity index is 1.56. The Labute approximate surface area is 287 Å². The van der Waals surface area contributed by atoms with Crippen LogP contribution < -0.4 is 20.2 Å². The number of hydrogen-bond acceptors (Lipinski definition) is 5. The fourth-order valence-electron chi connectivity index (χ4n) is 5.93. The van der Waals surface area contributed by atoms with E-state index in [1.54, 1.807) is 42.5 Å². The van der Waals surface area contributed by atoms with Crippen LogP contribution in [-0.4, -0.2) is 19.1 Å². The van der Waals surface area contributed by atoms with Crippen LogP contribution in [0.2, 0.25) is 0 Å².